The second-order valence-corrected chi connectivity index (χ2v) is 7.42. The average molecular weight is 486 g/mol. The van der Waals surface area contributed by atoms with Crippen molar-refractivity contribution in [1.82, 2.24) is 15.5 Å². The quantitative estimate of drug-likeness (QED) is 0.378. The summed E-state index contributed by atoms with van der Waals surface area (Å²) >= 11 is 0. The first-order chi connectivity index (χ1) is 12.8. The van der Waals surface area contributed by atoms with E-state index in [1.165, 1.54) is 30.5 Å². The van der Waals surface area contributed by atoms with Crippen LogP contribution in [0.15, 0.2) is 23.2 Å². The number of ether oxygens (including phenoxy) is 2. The molecule has 3 aliphatic rings. The molecule has 2 unspecified atom stereocenters. The maximum atomic E-state index is 6.00. The van der Waals surface area contributed by atoms with Gasteiger partial charge in [0.2, 0.25) is 0 Å². The highest BCUT2D eigenvalue weighted by atomic mass is 127. The van der Waals surface area contributed by atoms with Gasteiger partial charge in [0.15, 0.2) is 5.96 Å². The van der Waals surface area contributed by atoms with E-state index in [2.05, 4.69) is 38.7 Å². The van der Waals surface area contributed by atoms with Crippen molar-refractivity contribution in [2.75, 3.05) is 46.4 Å². The van der Waals surface area contributed by atoms with Gasteiger partial charge in [0.25, 0.3) is 0 Å². The third kappa shape index (κ3) is 5.26. The molecule has 1 aromatic rings. The Labute approximate surface area is 179 Å². The molecule has 0 amide bonds. The van der Waals surface area contributed by atoms with Crippen LogP contribution in [0.25, 0.3) is 0 Å². The summed E-state index contributed by atoms with van der Waals surface area (Å²) < 4.78 is 11.6. The Balaban J connectivity index is 0.00000210. The van der Waals surface area contributed by atoms with Crippen LogP contribution in [0.1, 0.15) is 24.0 Å². The molecule has 0 bridgehead atoms. The highest BCUT2D eigenvalue weighted by molar-refractivity contribution is 14.0. The number of nitrogens with zero attached hydrogens (tertiary/aromatic N) is 2. The molecule has 1 aromatic carbocycles. The van der Waals surface area contributed by atoms with Gasteiger partial charge < -0.3 is 20.1 Å². The molecule has 6 nitrogen and oxygen atoms in total. The Hall–Kier alpha value is -1.06. The predicted octanol–water partition coefficient (Wildman–Crippen LogP) is 1.81. The largest absolute Gasteiger partial charge is 0.493 e. The molecular formula is C20H31IN4O2. The molecule has 7 heteroatoms. The molecule has 27 heavy (non-hydrogen) atoms. The molecule has 3 heterocycles. The maximum absolute atomic E-state index is 6.00. The van der Waals surface area contributed by atoms with Gasteiger partial charge in [-0.15, -0.1) is 24.0 Å². The topological polar surface area (TPSA) is 58.1 Å². The number of nitrogens with one attached hydrogen (secondary N) is 2. The van der Waals surface area contributed by atoms with Crippen LogP contribution < -0.4 is 15.4 Å². The summed E-state index contributed by atoms with van der Waals surface area (Å²) in [6, 6.07) is 7.17. The Morgan fingerprint density at radius 1 is 1.33 bits per heavy atom. The van der Waals surface area contributed by atoms with Crippen molar-refractivity contribution >= 4 is 29.9 Å². The molecule has 0 aliphatic carbocycles. The van der Waals surface area contributed by atoms with Crippen molar-refractivity contribution in [3.8, 4) is 5.75 Å². The van der Waals surface area contributed by atoms with Gasteiger partial charge in [-0.1, -0.05) is 12.1 Å². The number of guanidine groups is 1. The fraction of sp³-hybridized carbons (Fsp3) is 0.650. The summed E-state index contributed by atoms with van der Waals surface area (Å²) in [5.74, 6) is 1.90. The van der Waals surface area contributed by atoms with Crippen molar-refractivity contribution in [2.45, 2.75) is 37.8 Å². The average Bonchev–Trinajstić information content (AvgIpc) is 3.32. The zero-order valence-corrected chi connectivity index (χ0v) is 18.4. The van der Waals surface area contributed by atoms with E-state index in [-0.39, 0.29) is 30.1 Å². The summed E-state index contributed by atoms with van der Waals surface area (Å²) in [7, 11) is 1.82. The number of benzene rings is 1. The van der Waals surface area contributed by atoms with Gasteiger partial charge in [-0.2, -0.15) is 0 Å². The van der Waals surface area contributed by atoms with Gasteiger partial charge in [-0.05, 0) is 43.0 Å². The Morgan fingerprint density at radius 2 is 2.26 bits per heavy atom. The van der Waals surface area contributed by atoms with Gasteiger partial charge in [-0.3, -0.25) is 9.89 Å². The van der Waals surface area contributed by atoms with Gasteiger partial charge in [0, 0.05) is 39.1 Å². The lowest BCUT2D eigenvalue weighted by molar-refractivity contribution is -0.0453. The molecule has 2 fully saturated rings. The first kappa shape index (κ1) is 20.7. The van der Waals surface area contributed by atoms with Crippen molar-refractivity contribution < 1.29 is 9.47 Å². The van der Waals surface area contributed by atoms with Crippen LogP contribution in [0, 0.1) is 0 Å². The maximum Gasteiger partial charge on any atom is 0.191 e. The fourth-order valence-electron chi connectivity index (χ4n) is 4.16. The number of hydrogen-bond acceptors (Lipinski definition) is 4. The highest BCUT2D eigenvalue weighted by Gasteiger charge is 2.32. The lowest BCUT2D eigenvalue weighted by Gasteiger charge is -2.35. The van der Waals surface area contributed by atoms with E-state index in [0.717, 1.165) is 57.4 Å². The smallest absolute Gasteiger partial charge is 0.191 e. The predicted molar refractivity (Wildman–Crippen MR) is 118 cm³/mol. The van der Waals surface area contributed by atoms with Crippen LogP contribution in [0.5, 0.6) is 5.75 Å². The van der Waals surface area contributed by atoms with E-state index in [9.17, 15) is 0 Å². The van der Waals surface area contributed by atoms with Gasteiger partial charge in [-0.25, -0.2) is 0 Å². The Bertz CT molecular complexity index is 655. The molecule has 3 aliphatic heterocycles. The zero-order valence-electron chi connectivity index (χ0n) is 16.1. The van der Waals surface area contributed by atoms with Gasteiger partial charge in [0.1, 0.15) is 5.75 Å². The van der Waals surface area contributed by atoms with Crippen molar-refractivity contribution in [2.24, 2.45) is 4.99 Å². The van der Waals surface area contributed by atoms with Gasteiger partial charge in [0.05, 0.1) is 19.3 Å². The lowest BCUT2D eigenvalue weighted by atomic mass is 10.1. The number of aliphatic imine (C=N–C) groups is 1. The first-order valence-electron chi connectivity index (χ1n) is 9.86. The van der Waals surface area contributed by atoms with Crippen molar-refractivity contribution in [3.05, 3.63) is 29.3 Å². The number of morpholine rings is 1. The van der Waals surface area contributed by atoms with Crippen LogP contribution in [0.2, 0.25) is 0 Å². The summed E-state index contributed by atoms with van der Waals surface area (Å²) in [5, 5.41) is 6.82. The monoisotopic (exact) mass is 486 g/mol. The molecule has 2 saturated heterocycles. The minimum Gasteiger partial charge on any atom is -0.493 e. The van der Waals surface area contributed by atoms with Crippen LogP contribution >= 0.6 is 24.0 Å². The zero-order chi connectivity index (χ0) is 17.8. The van der Waals surface area contributed by atoms with Crippen molar-refractivity contribution in [3.63, 3.8) is 0 Å². The van der Waals surface area contributed by atoms with E-state index >= 15 is 0 Å². The number of rotatable bonds is 5. The molecule has 0 spiro atoms. The SMILES string of the molecule is CN=C(NCCc1ccc2c(c1)CCO2)NCC1CN2CCCC2CO1.I. The standard InChI is InChI=1S/C20H30N4O2.HI/c1-21-20(23-12-18-13-24-9-2-3-17(24)14-26-18)22-8-6-15-4-5-19-16(11-15)7-10-25-19;/h4-5,11,17-18H,2-3,6-10,12-14H2,1H3,(H2,21,22,23);1H. The third-order valence-corrected chi connectivity index (χ3v) is 5.64. The molecule has 0 saturated carbocycles. The van der Waals surface area contributed by atoms with Crippen LogP contribution in [0.4, 0.5) is 0 Å². The summed E-state index contributed by atoms with van der Waals surface area (Å²) in [4.78, 5) is 6.91. The second-order valence-electron chi connectivity index (χ2n) is 7.42. The second kappa shape index (κ2) is 9.93. The minimum atomic E-state index is 0. The van der Waals surface area contributed by atoms with E-state index in [0.29, 0.717) is 6.04 Å². The van der Waals surface area contributed by atoms with E-state index in [4.69, 9.17) is 9.47 Å². The van der Waals surface area contributed by atoms with E-state index in [1.807, 2.05) is 7.05 Å². The molecule has 2 N–H and O–H groups in total. The lowest BCUT2D eigenvalue weighted by Crippen LogP contribution is -2.51. The molecule has 4 rings (SSSR count). The van der Waals surface area contributed by atoms with Gasteiger partial charge >= 0.3 is 0 Å². The van der Waals surface area contributed by atoms with Crippen LogP contribution in [-0.4, -0.2) is 69.4 Å². The summed E-state index contributed by atoms with van der Waals surface area (Å²) in [6.45, 7) is 5.61. The molecule has 0 radical (unpaired) electrons. The minimum absolute atomic E-state index is 0. The Morgan fingerprint density at radius 3 is 3.15 bits per heavy atom. The molecular weight excluding hydrogens is 455 g/mol. The summed E-state index contributed by atoms with van der Waals surface area (Å²) in [5.41, 5.74) is 2.67. The highest BCUT2D eigenvalue weighted by Crippen LogP contribution is 2.26. The summed E-state index contributed by atoms with van der Waals surface area (Å²) in [6.07, 6.45) is 4.85. The first-order valence-corrected chi connectivity index (χ1v) is 9.86. The molecule has 150 valence electrons. The number of halogens is 1. The van der Waals surface area contributed by atoms with E-state index < -0.39 is 0 Å². The van der Waals surface area contributed by atoms with Crippen molar-refractivity contribution in [1.29, 1.82) is 0 Å². The fourth-order valence-corrected chi connectivity index (χ4v) is 4.16. The molecule has 0 aromatic heterocycles. The van der Waals surface area contributed by atoms with Crippen LogP contribution in [0.3, 0.4) is 0 Å². The number of fused-ring (bicyclic) bond motifs is 2. The van der Waals surface area contributed by atoms with Crippen LogP contribution in [-0.2, 0) is 17.6 Å². The Kier molecular flexibility index (Phi) is 7.60. The molecule has 2 atom stereocenters. The third-order valence-electron chi connectivity index (χ3n) is 5.64. The number of hydrogen-bond donors (Lipinski definition) is 2. The van der Waals surface area contributed by atoms with E-state index in [1.54, 1.807) is 0 Å². The normalized spacial score (nSPS) is 24.6.